The van der Waals surface area contributed by atoms with Crippen LogP contribution in [0.15, 0.2) is 45.6 Å². The zero-order valence-corrected chi connectivity index (χ0v) is 19.9. The molecule has 1 saturated heterocycles. The molecule has 0 saturated carbocycles. The molecule has 9 nitrogen and oxygen atoms in total. The number of fused-ring (bicyclic) bond motifs is 1. The first-order valence-electron chi connectivity index (χ1n) is 10.6. The number of carbonyl (C=O) groups is 2. The molecule has 0 radical (unpaired) electrons. The zero-order chi connectivity index (χ0) is 23.5. The van der Waals surface area contributed by atoms with Gasteiger partial charge in [0, 0.05) is 24.4 Å². The van der Waals surface area contributed by atoms with Crippen LogP contribution in [0.1, 0.15) is 24.9 Å². The molecule has 0 unspecified atom stereocenters. The molecule has 4 rings (SSSR count). The Balaban J connectivity index is 1.77. The lowest BCUT2D eigenvalue weighted by atomic mass is 9.92. The number of allylic oxidation sites excluding steroid dienone is 1. The van der Waals surface area contributed by atoms with Crippen LogP contribution in [0.2, 0.25) is 0 Å². The number of ether oxygens (including phenoxy) is 4. The fourth-order valence-corrected chi connectivity index (χ4v) is 5.13. The summed E-state index contributed by atoms with van der Waals surface area (Å²) in [6, 6.07) is 4.85. The van der Waals surface area contributed by atoms with Crippen LogP contribution in [0.25, 0.3) is 0 Å². The average molecular weight is 474 g/mol. The number of benzene rings is 1. The van der Waals surface area contributed by atoms with Gasteiger partial charge in [0.05, 0.1) is 58.3 Å². The van der Waals surface area contributed by atoms with Gasteiger partial charge >= 0.3 is 5.97 Å². The third-order valence-electron chi connectivity index (χ3n) is 5.83. The maximum Gasteiger partial charge on any atom is 0.338 e. The fraction of sp³-hybridized carbons (Fsp3) is 0.435. The summed E-state index contributed by atoms with van der Waals surface area (Å²) in [5, 5.41) is 2.62. The van der Waals surface area contributed by atoms with Crippen LogP contribution in [0.4, 0.5) is 0 Å². The number of hydrogen-bond donors (Lipinski definition) is 0. The summed E-state index contributed by atoms with van der Waals surface area (Å²) in [6.45, 7) is 4.00. The van der Waals surface area contributed by atoms with Crippen molar-refractivity contribution in [3.63, 3.8) is 0 Å². The molecule has 0 spiro atoms. The largest absolute Gasteiger partial charge is 0.497 e. The van der Waals surface area contributed by atoms with Crippen LogP contribution in [-0.4, -0.2) is 74.5 Å². The molecular weight excluding hydrogens is 446 g/mol. The predicted molar refractivity (Wildman–Crippen MR) is 124 cm³/mol. The number of hydrogen-bond acceptors (Lipinski definition) is 9. The Morgan fingerprint density at radius 2 is 1.94 bits per heavy atom. The number of amidine groups is 1. The molecule has 0 N–H and O–H groups in total. The van der Waals surface area contributed by atoms with E-state index in [0.29, 0.717) is 54.2 Å². The van der Waals surface area contributed by atoms with E-state index in [1.54, 1.807) is 38.2 Å². The third kappa shape index (κ3) is 4.45. The quantitative estimate of drug-likeness (QED) is 0.583. The zero-order valence-electron chi connectivity index (χ0n) is 19.1. The number of morpholine rings is 1. The van der Waals surface area contributed by atoms with Gasteiger partial charge in [-0.3, -0.25) is 4.79 Å². The predicted octanol–water partition coefficient (Wildman–Crippen LogP) is 2.70. The molecule has 176 valence electrons. The van der Waals surface area contributed by atoms with Crippen molar-refractivity contribution in [2.45, 2.75) is 19.4 Å². The van der Waals surface area contributed by atoms with E-state index < -0.39 is 12.0 Å². The molecule has 1 aromatic rings. The van der Waals surface area contributed by atoms with Gasteiger partial charge < -0.3 is 28.7 Å². The minimum absolute atomic E-state index is 0.00801. The van der Waals surface area contributed by atoms with Crippen molar-refractivity contribution in [3.8, 4) is 11.5 Å². The monoisotopic (exact) mass is 473 g/mol. The molecule has 0 bridgehead atoms. The minimum atomic E-state index is -0.589. The first-order chi connectivity index (χ1) is 16.0. The van der Waals surface area contributed by atoms with E-state index in [9.17, 15) is 9.59 Å². The van der Waals surface area contributed by atoms with Gasteiger partial charge in [-0.25, -0.2) is 9.79 Å². The molecule has 1 amide bonds. The van der Waals surface area contributed by atoms with E-state index in [1.165, 1.54) is 18.9 Å². The second-order valence-corrected chi connectivity index (χ2v) is 8.50. The van der Waals surface area contributed by atoms with E-state index >= 15 is 0 Å². The Morgan fingerprint density at radius 1 is 1.18 bits per heavy atom. The number of aliphatic imine (C=N–C) groups is 1. The van der Waals surface area contributed by atoms with Crippen LogP contribution in [0, 0.1) is 0 Å². The summed E-state index contributed by atoms with van der Waals surface area (Å²) < 4.78 is 21.6. The highest BCUT2D eigenvalue weighted by atomic mass is 32.2. The Kier molecular flexibility index (Phi) is 6.94. The number of esters is 1. The van der Waals surface area contributed by atoms with Crippen LogP contribution in [-0.2, 0) is 19.1 Å². The van der Waals surface area contributed by atoms with Gasteiger partial charge in [-0.05, 0) is 30.5 Å². The summed E-state index contributed by atoms with van der Waals surface area (Å²) >= 11 is 1.43. The number of rotatable bonds is 6. The molecule has 3 aliphatic heterocycles. The van der Waals surface area contributed by atoms with Crippen molar-refractivity contribution in [3.05, 3.63) is 46.1 Å². The number of nitrogens with zero attached hydrogens (tertiary/aromatic N) is 3. The smallest absolute Gasteiger partial charge is 0.338 e. The van der Waals surface area contributed by atoms with Crippen LogP contribution >= 0.6 is 11.8 Å². The first-order valence-corrected chi connectivity index (χ1v) is 11.5. The highest BCUT2D eigenvalue weighted by Crippen LogP contribution is 2.47. The minimum Gasteiger partial charge on any atom is -0.497 e. The SMILES string of the molecule is COC(=O)C1=C(C)N=C2SC=C(CC(=O)N3CCOCC3)N2[C@@H]1c1cc(OC)ccc1OC. The topological polar surface area (TPSA) is 89.9 Å². The normalized spacial score (nSPS) is 20.2. The Labute approximate surface area is 197 Å². The van der Waals surface area contributed by atoms with E-state index in [2.05, 4.69) is 4.99 Å². The van der Waals surface area contributed by atoms with Crippen molar-refractivity contribution in [1.29, 1.82) is 0 Å². The van der Waals surface area contributed by atoms with Crippen molar-refractivity contribution >= 4 is 28.8 Å². The number of thioether (sulfide) groups is 1. The lowest BCUT2D eigenvalue weighted by Crippen LogP contribution is -2.42. The molecular formula is C23H27N3O6S. The molecule has 33 heavy (non-hydrogen) atoms. The molecule has 3 heterocycles. The van der Waals surface area contributed by atoms with Crippen LogP contribution < -0.4 is 9.47 Å². The molecule has 1 fully saturated rings. The van der Waals surface area contributed by atoms with Gasteiger partial charge in [0.1, 0.15) is 11.5 Å². The highest BCUT2D eigenvalue weighted by Gasteiger charge is 2.42. The maximum absolute atomic E-state index is 13.0. The Hall–Kier alpha value is -2.98. The van der Waals surface area contributed by atoms with Crippen molar-refractivity contribution in [1.82, 2.24) is 9.80 Å². The second-order valence-electron chi connectivity index (χ2n) is 7.66. The van der Waals surface area contributed by atoms with Gasteiger partial charge in [-0.1, -0.05) is 11.8 Å². The summed E-state index contributed by atoms with van der Waals surface area (Å²) in [7, 11) is 4.51. The Bertz CT molecular complexity index is 1040. The molecule has 3 aliphatic rings. The molecule has 10 heteroatoms. The van der Waals surface area contributed by atoms with E-state index in [1.807, 2.05) is 16.4 Å². The summed E-state index contributed by atoms with van der Waals surface area (Å²) in [5.74, 6) is 0.736. The maximum atomic E-state index is 13.0. The lowest BCUT2D eigenvalue weighted by Gasteiger charge is -2.37. The highest BCUT2D eigenvalue weighted by molar-refractivity contribution is 8.16. The van der Waals surface area contributed by atoms with Gasteiger partial charge in [0.15, 0.2) is 5.17 Å². The van der Waals surface area contributed by atoms with Crippen molar-refractivity contribution in [2.75, 3.05) is 47.6 Å². The van der Waals surface area contributed by atoms with Crippen molar-refractivity contribution in [2.24, 2.45) is 4.99 Å². The van der Waals surface area contributed by atoms with E-state index in [-0.39, 0.29) is 12.3 Å². The average Bonchev–Trinajstić information content (AvgIpc) is 3.24. The van der Waals surface area contributed by atoms with E-state index in [0.717, 1.165) is 11.3 Å². The molecule has 1 atom stereocenters. The molecule has 0 aliphatic carbocycles. The second kappa shape index (κ2) is 9.88. The summed E-state index contributed by atoms with van der Waals surface area (Å²) in [4.78, 5) is 34.3. The van der Waals surface area contributed by atoms with Crippen LogP contribution in [0.5, 0.6) is 11.5 Å². The number of methoxy groups -OCH3 is 3. The lowest BCUT2D eigenvalue weighted by molar-refractivity contribution is -0.136. The summed E-state index contributed by atoms with van der Waals surface area (Å²) in [6.07, 6.45) is 0.183. The molecule has 0 aromatic heterocycles. The van der Waals surface area contributed by atoms with E-state index in [4.69, 9.17) is 18.9 Å². The molecule has 1 aromatic carbocycles. The van der Waals surface area contributed by atoms with Gasteiger partial charge in [-0.15, -0.1) is 0 Å². The van der Waals surface area contributed by atoms with Crippen molar-refractivity contribution < 1.29 is 28.5 Å². The number of carbonyl (C=O) groups excluding carboxylic acids is 2. The Morgan fingerprint density at radius 3 is 2.61 bits per heavy atom. The number of amides is 1. The van der Waals surface area contributed by atoms with Gasteiger partial charge in [-0.2, -0.15) is 0 Å². The first kappa shape index (κ1) is 23.2. The van der Waals surface area contributed by atoms with Crippen LogP contribution in [0.3, 0.4) is 0 Å². The fourth-order valence-electron chi connectivity index (χ4n) is 4.17. The van der Waals surface area contributed by atoms with Gasteiger partial charge in [0.2, 0.25) is 5.91 Å². The van der Waals surface area contributed by atoms with Gasteiger partial charge in [0.25, 0.3) is 0 Å². The summed E-state index contributed by atoms with van der Waals surface area (Å²) in [5.41, 5.74) is 2.43. The standard InChI is InChI=1S/C23H27N3O6S/c1-14-20(22(28)31-4)21(17-12-16(29-2)5-6-18(17)30-3)26-15(13-33-23(26)24-14)11-19(27)25-7-9-32-10-8-25/h5-6,12-13,21H,7-11H2,1-4H3/t21-/m1/s1. The third-order valence-corrected chi connectivity index (χ3v) is 6.72.